The van der Waals surface area contributed by atoms with Crippen molar-refractivity contribution in [1.29, 1.82) is 0 Å². The molecule has 0 aliphatic rings. The van der Waals surface area contributed by atoms with Gasteiger partial charge >= 0.3 is 5.95 Å². The first kappa shape index (κ1) is 12.5. The van der Waals surface area contributed by atoms with Crippen molar-refractivity contribution in [1.82, 2.24) is 15.8 Å². The molecule has 1 heterocycles. The van der Waals surface area contributed by atoms with Crippen molar-refractivity contribution in [2.75, 3.05) is 26.7 Å². The van der Waals surface area contributed by atoms with Gasteiger partial charge in [0.25, 0.3) is 5.91 Å². The molecule has 0 aromatic carbocycles. The summed E-state index contributed by atoms with van der Waals surface area (Å²) in [5.41, 5.74) is 0.236. The fraction of sp³-hybridized carbons (Fsp3) is 0.600. The highest BCUT2D eigenvalue weighted by atomic mass is 16.6. The van der Waals surface area contributed by atoms with E-state index in [0.29, 0.717) is 6.54 Å². The Labute approximate surface area is 94.3 Å². The topological polar surface area (TPSA) is 76.4 Å². The first-order valence-electron chi connectivity index (χ1n) is 5.27. The Morgan fingerprint density at radius 3 is 3.00 bits per heavy atom. The highest BCUT2D eigenvalue weighted by molar-refractivity contribution is 5.92. The SMILES string of the molecule is CCNCCCNC(=O)c1cc(OC)on1. The maximum Gasteiger partial charge on any atom is 0.311 e. The van der Waals surface area contributed by atoms with E-state index in [0.717, 1.165) is 19.5 Å². The third-order valence-electron chi connectivity index (χ3n) is 1.99. The molecule has 16 heavy (non-hydrogen) atoms. The summed E-state index contributed by atoms with van der Waals surface area (Å²) in [5.74, 6) is -0.0126. The van der Waals surface area contributed by atoms with Gasteiger partial charge in [-0.1, -0.05) is 12.1 Å². The largest absolute Gasteiger partial charge is 0.467 e. The van der Waals surface area contributed by atoms with Crippen LogP contribution in [0.25, 0.3) is 0 Å². The summed E-state index contributed by atoms with van der Waals surface area (Å²) in [4.78, 5) is 11.5. The van der Waals surface area contributed by atoms with Crippen LogP contribution in [0.2, 0.25) is 0 Å². The minimum Gasteiger partial charge on any atom is -0.467 e. The van der Waals surface area contributed by atoms with Gasteiger partial charge in [-0.05, 0) is 19.5 Å². The molecule has 0 radical (unpaired) electrons. The molecule has 0 saturated carbocycles. The first-order valence-corrected chi connectivity index (χ1v) is 5.27. The van der Waals surface area contributed by atoms with Crippen LogP contribution in [-0.4, -0.2) is 37.8 Å². The Morgan fingerprint density at radius 1 is 1.56 bits per heavy atom. The predicted molar refractivity (Wildman–Crippen MR) is 58.5 cm³/mol. The summed E-state index contributed by atoms with van der Waals surface area (Å²) in [6.45, 7) is 4.48. The van der Waals surface area contributed by atoms with E-state index in [1.807, 2.05) is 6.92 Å². The van der Waals surface area contributed by atoms with E-state index in [2.05, 4.69) is 15.8 Å². The number of hydrogen-bond donors (Lipinski definition) is 2. The monoisotopic (exact) mass is 227 g/mol. The number of carbonyl (C=O) groups is 1. The second-order valence-corrected chi connectivity index (χ2v) is 3.20. The van der Waals surface area contributed by atoms with Gasteiger partial charge in [-0.25, -0.2) is 0 Å². The van der Waals surface area contributed by atoms with Crippen LogP contribution >= 0.6 is 0 Å². The van der Waals surface area contributed by atoms with E-state index in [-0.39, 0.29) is 17.5 Å². The van der Waals surface area contributed by atoms with Gasteiger partial charge in [0.1, 0.15) is 0 Å². The van der Waals surface area contributed by atoms with Crippen molar-refractivity contribution in [3.63, 3.8) is 0 Å². The quantitative estimate of drug-likeness (QED) is 0.660. The maximum atomic E-state index is 11.5. The predicted octanol–water partition coefficient (Wildman–Crippen LogP) is 0.413. The smallest absolute Gasteiger partial charge is 0.311 e. The zero-order chi connectivity index (χ0) is 11.8. The Kier molecular flexibility index (Phi) is 5.35. The number of rotatable bonds is 7. The first-order chi connectivity index (χ1) is 7.77. The van der Waals surface area contributed by atoms with Crippen LogP contribution in [0, 0.1) is 0 Å². The molecule has 6 nitrogen and oxygen atoms in total. The van der Waals surface area contributed by atoms with Crippen molar-refractivity contribution in [3.05, 3.63) is 11.8 Å². The Bertz CT molecular complexity index is 325. The summed E-state index contributed by atoms with van der Waals surface area (Å²) in [6.07, 6.45) is 0.883. The van der Waals surface area contributed by atoms with Crippen molar-refractivity contribution in [3.8, 4) is 5.95 Å². The van der Waals surface area contributed by atoms with Gasteiger partial charge in [0, 0.05) is 6.54 Å². The standard InChI is InChI=1S/C10H17N3O3/c1-3-11-5-4-6-12-10(14)8-7-9(15-2)16-13-8/h7,11H,3-6H2,1-2H3,(H,12,14). The van der Waals surface area contributed by atoms with Gasteiger partial charge in [0.05, 0.1) is 13.2 Å². The van der Waals surface area contributed by atoms with E-state index >= 15 is 0 Å². The van der Waals surface area contributed by atoms with Crippen LogP contribution < -0.4 is 15.4 Å². The number of ether oxygens (including phenoxy) is 1. The number of nitrogens with zero attached hydrogens (tertiary/aromatic N) is 1. The molecule has 0 aliphatic heterocycles. The third-order valence-corrected chi connectivity index (χ3v) is 1.99. The summed E-state index contributed by atoms with van der Waals surface area (Å²) in [7, 11) is 1.46. The molecule has 0 saturated heterocycles. The van der Waals surface area contributed by atoms with Crippen LogP contribution in [0.15, 0.2) is 10.6 Å². The molecule has 0 atom stereocenters. The van der Waals surface area contributed by atoms with Crippen LogP contribution in [0.1, 0.15) is 23.8 Å². The van der Waals surface area contributed by atoms with Crippen LogP contribution in [0.3, 0.4) is 0 Å². The number of nitrogens with one attached hydrogen (secondary N) is 2. The lowest BCUT2D eigenvalue weighted by Crippen LogP contribution is -2.27. The van der Waals surface area contributed by atoms with Crippen LogP contribution in [0.5, 0.6) is 5.95 Å². The highest BCUT2D eigenvalue weighted by Gasteiger charge is 2.11. The van der Waals surface area contributed by atoms with E-state index in [1.54, 1.807) is 0 Å². The molecular weight excluding hydrogens is 210 g/mol. The average molecular weight is 227 g/mol. The number of carbonyl (C=O) groups excluding carboxylic acids is 1. The normalized spacial score (nSPS) is 10.1. The van der Waals surface area contributed by atoms with Crippen molar-refractivity contribution < 1.29 is 14.1 Å². The number of hydrogen-bond acceptors (Lipinski definition) is 5. The van der Waals surface area contributed by atoms with E-state index in [4.69, 9.17) is 9.26 Å². The molecule has 6 heteroatoms. The van der Waals surface area contributed by atoms with Crippen molar-refractivity contribution >= 4 is 5.91 Å². The Hall–Kier alpha value is -1.56. The molecular formula is C10H17N3O3. The Morgan fingerprint density at radius 2 is 2.38 bits per heavy atom. The number of amides is 1. The fourth-order valence-electron chi connectivity index (χ4n) is 1.14. The molecule has 0 spiro atoms. The lowest BCUT2D eigenvalue weighted by Gasteiger charge is -2.02. The second-order valence-electron chi connectivity index (χ2n) is 3.20. The van der Waals surface area contributed by atoms with Gasteiger partial charge in [-0.3, -0.25) is 4.79 Å². The average Bonchev–Trinajstić information content (AvgIpc) is 2.77. The van der Waals surface area contributed by atoms with Crippen LogP contribution in [0.4, 0.5) is 0 Å². The number of aromatic nitrogens is 1. The minimum absolute atomic E-state index is 0.234. The molecule has 2 N–H and O–H groups in total. The summed E-state index contributed by atoms with van der Waals surface area (Å²) < 4.78 is 9.52. The molecule has 1 amide bonds. The molecule has 90 valence electrons. The molecule has 0 bridgehead atoms. The molecule has 1 aromatic rings. The molecule has 0 aliphatic carbocycles. The summed E-state index contributed by atoms with van der Waals surface area (Å²) in [5, 5.41) is 9.48. The lowest BCUT2D eigenvalue weighted by molar-refractivity contribution is 0.0944. The highest BCUT2D eigenvalue weighted by Crippen LogP contribution is 2.10. The van der Waals surface area contributed by atoms with Gasteiger partial charge < -0.3 is 19.9 Å². The van der Waals surface area contributed by atoms with Gasteiger partial charge in [0.2, 0.25) is 0 Å². The Balaban J connectivity index is 2.24. The number of methoxy groups -OCH3 is 1. The second kappa shape index (κ2) is 6.84. The van der Waals surface area contributed by atoms with Gasteiger partial charge in [-0.15, -0.1) is 0 Å². The van der Waals surface area contributed by atoms with Gasteiger partial charge in [-0.2, -0.15) is 0 Å². The van der Waals surface area contributed by atoms with E-state index in [1.165, 1.54) is 13.2 Å². The van der Waals surface area contributed by atoms with E-state index < -0.39 is 0 Å². The molecule has 0 unspecified atom stereocenters. The maximum absolute atomic E-state index is 11.5. The summed E-state index contributed by atoms with van der Waals surface area (Å²) >= 11 is 0. The minimum atomic E-state index is -0.247. The van der Waals surface area contributed by atoms with Crippen molar-refractivity contribution in [2.24, 2.45) is 0 Å². The fourth-order valence-corrected chi connectivity index (χ4v) is 1.14. The summed E-state index contributed by atoms with van der Waals surface area (Å²) in [6, 6.07) is 1.46. The molecule has 0 fully saturated rings. The van der Waals surface area contributed by atoms with Crippen LogP contribution in [-0.2, 0) is 0 Å². The van der Waals surface area contributed by atoms with Crippen molar-refractivity contribution in [2.45, 2.75) is 13.3 Å². The van der Waals surface area contributed by atoms with Gasteiger partial charge in [0.15, 0.2) is 5.69 Å². The molecule has 1 aromatic heterocycles. The molecule has 1 rings (SSSR count). The third kappa shape index (κ3) is 3.90. The van der Waals surface area contributed by atoms with E-state index in [9.17, 15) is 4.79 Å². The zero-order valence-corrected chi connectivity index (χ0v) is 9.58. The zero-order valence-electron chi connectivity index (χ0n) is 9.58. The lowest BCUT2D eigenvalue weighted by atomic mass is 10.3.